The molecule has 0 aromatic heterocycles. The van der Waals surface area contributed by atoms with E-state index in [1.807, 2.05) is 0 Å². The number of hydrogen-bond donors (Lipinski definition) is 1. The van der Waals surface area contributed by atoms with Gasteiger partial charge in [-0.3, -0.25) is 24.1 Å². The predicted octanol–water partition coefficient (Wildman–Crippen LogP) is 5.00. The van der Waals surface area contributed by atoms with Gasteiger partial charge < -0.3 is 0 Å². The highest BCUT2D eigenvalue weighted by Crippen LogP contribution is 2.57. The number of rotatable bonds is 4. The minimum absolute atomic E-state index is 0.125. The summed E-state index contributed by atoms with van der Waals surface area (Å²) in [4.78, 5) is 52.7. The molecule has 2 aliphatic heterocycles. The molecular weight excluding hydrogens is 644 g/mol. The Bertz CT molecular complexity index is 2040. The van der Waals surface area contributed by atoms with E-state index in [-0.39, 0.29) is 22.4 Å². The lowest BCUT2D eigenvalue weighted by atomic mass is 9.71. The lowest BCUT2D eigenvalue weighted by molar-refractivity contribution is -0.288. The van der Waals surface area contributed by atoms with Gasteiger partial charge in [0.1, 0.15) is 0 Å². The number of halogens is 6. The van der Waals surface area contributed by atoms with Gasteiger partial charge in [-0.2, -0.15) is 26.3 Å². The standard InChI is InChI=1S/C30H23F6N3O6S/c1-12-13(2)22(15(4)23(14(12)3)46(37,44)45)39-26(42)19-9-7-17(11-21(19)27(39)43)28(29(31,32)33,30(34,35)36)16-6-8-18-20(10-16)25(41)38(5)24(18)40/h6-11H,1-5H3,(H2,37,44,45). The average Bonchev–Trinajstić information content (AvgIpc) is 3.29. The summed E-state index contributed by atoms with van der Waals surface area (Å²) >= 11 is 0. The molecule has 16 heteroatoms. The van der Waals surface area contributed by atoms with Gasteiger partial charge in [0.15, 0.2) is 0 Å². The summed E-state index contributed by atoms with van der Waals surface area (Å²) in [6, 6.07) is 2.86. The van der Waals surface area contributed by atoms with Crippen molar-refractivity contribution < 1.29 is 53.9 Å². The zero-order valence-corrected chi connectivity index (χ0v) is 25.4. The maximum absolute atomic E-state index is 14.9. The van der Waals surface area contributed by atoms with Gasteiger partial charge in [-0.1, -0.05) is 12.1 Å². The number of anilines is 1. The molecule has 2 heterocycles. The van der Waals surface area contributed by atoms with E-state index in [0.717, 1.165) is 7.05 Å². The molecule has 0 spiro atoms. The third-order valence-corrected chi connectivity index (χ3v) is 9.90. The number of amides is 4. The number of primary sulfonamides is 1. The number of benzene rings is 3. The van der Waals surface area contributed by atoms with Crippen molar-refractivity contribution in [1.82, 2.24) is 4.90 Å². The first kappa shape index (κ1) is 32.8. The zero-order chi connectivity index (χ0) is 34.6. The largest absolute Gasteiger partial charge is 0.411 e. The molecule has 0 fully saturated rings. The number of nitrogens with two attached hydrogens (primary N) is 1. The molecule has 5 rings (SSSR count). The topological polar surface area (TPSA) is 135 Å². The summed E-state index contributed by atoms with van der Waals surface area (Å²) in [5.41, 5.74) is -9.72. The second-order valence-corrected chi connectivity index (χ2v) is 12.6. The highest BCUT2D eigenvalue weighted by molar-refractivity contribution is 7.89. The molecule has 0 aliphatic carbocycles. The zero-order valence-electron chi connectivity index (χ0n) is 24.6. The molecule has 0 atom stereocenters. The number of alkyl halides is 6. The Hall–Kier alpha value is -4.57. The second kappa shape index (κ2) is 9.96. The highest BCUT2D eigenvalue weighted by Gasteiger charge is 2.73. The lowest BCUT2D eigenvalue weighted by Crippen LogP contribution is -2.55. The molecule has 0 bridgehead atoms. The molecule has 46 heavy (non-hydrogen) atoms. The third kappa shape index (κ3) is 4.22. The van der Waals surface area contributed by atoms with E-state index in [0.29, 0.717) is 51.8 Å². The summed E-state index contributed by atoms with van der Waals surface area (Å²) in [7, 11) is -3.39. The van der Waals surface area contributed by atoms with E-state index in [9.17, 15) is 53.9 Å². The molecule has 0 radical (unpaired) electrons. The number of imide groups is 2. The van der Waals surface area contributed by atoms with Crippen LogP contribution in [-0.4, -0.2) is 56.3 Å². The Morgan fingerprint density at radius 2 is 1.02 bits per heavy atom. The quantitative estimate of drug-likeness (QED) is 0.307. The lowest BCUT2D eigenvalue weighted by Gasteiger charge is -2.38. The maximum Gasteiger partial charge on any atom is 0.411 e. The summed E-state index contributed by atoms with van der Waals surface area (Å²) < 4.78 is 115. The van der Waals surface area contributed by atoms with Crippen molar-refractivity contribution in [3.05, 3.63) is 92.0 Å². The number of carbonyl (C=O) groups is 4. The van der Waals surface area contributed by atoms with Crippen molar-refractivity contribution in [3.63, 3.8) is 0 Å². The molecule has 242 valence electrons. The molecule has 0 saturated heterocycles. The van der Waals surface area contributed by atoms with Crippen LogP contribution in [0.3, 0.4) is 0 Å². The third-order valence-electron chi connectivity index (χ3n) is 8.72. The average molecular weight is 668 g/mol. The van der Waals surface area contributed by atoms with Crippen LogP contribution in [0, 0.1) is 27.7 Å². The van der Waals surface area contributed by atoms with E-state index in [4.69, 9.17) is 5.14 Å². The van der Waals surface area contributed by atoms with Crippen molar-refractivity contribution in [2.24, 2.45) is 5.14 Å². The van der Waals surface area contributed by atoms with Crippen LogP contribution in [0.1, 0.15) is 74.8 Å². The van der Waals surface area contributed by atoms with Crippen LogP contribution in [0.4, 0.5) is 32.0 Å². The van der Waals surface area contributed by atoms with E-state index >= 15 is 0 Å². The van der Waals surface area contributed by atoms with Crippen molar-refractivity contribution in [3.8, 4) is 0 Å². The minimum Gasteiger partial charge on any atom is -0.277 e. The van der Waals surface area contributed by atoms with Crippen molar-refractivity contribution in [2.45, 2.75) is 50.4 Å². The van der Waals surface area contributed by atoms with E-state index < -0.39 is 89.7 Å². The molecule has 2 N–H and O–H groups in total. The van der Waals surface area contributed by atoms with Crippen LogP contribution < -0.4 is 10.0 Å². The molecule has 2 aliphatic rings. The molecule has 0 saturated carbocycles. The number of nitrogens with zero attached hydrogens (tertiary/aromatic N) is 2. The summed E-state index contributed by atoms with van der Waals surface area (Å²) in [6.45, 7) is 5.66. The minimum atomic E-state index is -6.12. The van der Waals surface area contributed by atoms with Crippen LogP contribution in [0.25, 0.3) is 0 Å². The summed E-state index contributed by atoms with van der Waals surface area (Å²) in [5, 5.41) is 5.39. The fraction of sp³-hybridized carbons (Fsp3) is 0.267. The van der Waals surface area contributed by atoms with Crippen molar-refractivity contribution in [2.75, 3.05) is 11.9 Å². The first-order chi connectivity index (χ1) is 21.0. The van der Waals surface area contributed by atoms with E-state index in [1.54, 1.807) is 0 Å². The summed E-state index contributed by atoms with van der Waals surface area (Å²) in [6.07, 6.45) is -12.2. The molecular formula is C30H23F6N3O6S. The Morgan fingerprint density at radius 3 is 1.48 bits per heavy atom. The fourth-order valence-electron chi connectivity index (χ4n) is 6.32. The van der Waals surface area contributed by atoms with Crippen molar-refractivity contribution >= 4 is 39.3 Å². The van der Waals surface area contributed by atoms with Gasteiger partial charge in [0, 0.05) is 7.05 Å². The Morgan fingerprint density at radius 1 is 0.609 bits per heavy atom. The molecule has 9 nitrogen and oxygen atoms in total. The van der Waals surface area contributed by atoms with E-state index in [1.165, 1.54) is 27.7 Å². The monoisotopic (exact) mass is 667 g/mol. The van der Waals surface area contributed by atoms with Crippen LogP contribution in [0.5, 0.6) is 0 Å². The van der Waals surface area contributed by atoms with Crippen LogP contribution in [-0.2, 0) is 15.4 Å². The van der Waals surface area contributed by atoms with Gasteiger partial charge in [0.25, 0.3) is 23.6 Å². The van der Waals surface area contributed by atoms with Crippen LogP contribution in [0.2, 0.25) is 0 Å². The SMILES string of the molecule is Cc1c(C)c(N2C(=O)c3ccc(C(c4ccc5c(c4)C(=O)N(C)C5=O)(C(F)(F)F)C(F)(F)F)cc3C2=O)c(C)c(S(N)(=O)=O)c1C. The first-order valence-electron chi connectivity index (χ1n) is 13.3. The normalized spacial score (nSPS) is 15.7. The maximum atomic E-state index is 14.9. The van der Waals surface area contributed by atoms with Gasteiger partial charge in [-0.15, -0.1) is 0 Å². The van der Waals surface area contributed by atoms with Gasteiger partial charge >= 0.3 is 12.4 Å². The van der Waals surface area contributed by atoms with Gasteiger partial charge in [0.2, 0.25) is 15.4 Å². The van der Waals surface area contributed by atoms with Crippen molar-refractivity contribution in [1.29, 1.82) is 0 Å². The van der Waals surface area contributed by atoms with Gasteiger partial charge in [0.05, 0.1) is 32.8 Å². The van der Waals surface area contributed by atoms with Gasteiger partial charge in [-0.25, -0.2) is 18.5 Å². The Balaban J connectivity index is 1.77. The van der Waals surface area contributed by atoms with Crippen LogP contribution >= 0.6 is 0 Å². The molecule has 3 aromatic carbocycles. The fourth-order valence-corrected chi connectivity index (χ4v) is 7.42. The summed E-state index contributed by atoms with van der Waals surface area (Å²) in [5.74, 6) is -4.44. The second-order valence-electron chi connectivity index (χ2n) is 11.1. The van der Waals surface area contributed by atoms with Gasteiger partial charge in [-0.05, 0) is 85.3 Å². The number of sulfonamides is 1. The molecule has 0 unspecified atom stereocenters. The Kier molecular flexibility index (Phi) is 7.11. The number of hydrogen-bond acceptors (Lipinski definition) is 6. The first-order valence-corrected chi connectivity index (χ1v) is 14.8. The number of carbonyl (C=O) groups excluding carboxylic acids is 4. The highest BCUT2D eigenvalue weighted by atomic mass is 32.2. The van der Waals surface area contributed by atoms with Crippen LogP contribution in [0.15, 0.2) is 41.3 Å². The predicted molar refractivity (Wildman–Crippen MR) is 150 cm³/mol. The number of fused-ring (bicyclic) bond motifs is 2. The Labute approximate surface area is 257 Å². The van der Waals surface area contributed by atoms with E-state index in [2.05, 4.69) is 0 Å². The molecule has 3 aromatic rings. The smallest absolute Gasteiger partial charge is 0.277 e. The molecule has 4 amide bonds.